The van der Waals surface area contributed by atoms with E-state index in [-0.39, 0.29) is 13.1 Å². The lowest BCUT2D eigenvalue weighted by molar-refractivity contribution is 0.409. The van der Waals surface area contributed by atoms with Gasteiger partial charge in [-0.05, 0) is 12.5 Å². The minimum atomic E-state index is -3.38. The van der Waals surface area contributed by atoms with E-state index in [4.69, 9.17) is 10.5 Å². The van der Waals surface area contributed by atoms with Gasteiger partial charge in [-0.2, -0.15) is 0 Å². The van der Waals surface area contributed by atoms with Gasteiger partial charge < -0.3 is 10.5 Å². The SMILES string of the molecule is CCC(CN)S(=O)(=O)NCc1ccccc1OC. The maximum Gasteiger partial charge on any atom is 0.216 e. The molecule has 0 saturated heterocycles. The zero-order valence-corrected chi connectivity index (χ0v) is 11.5. The van der Waals surface area contributed by atoms with Crippen molar-refractivity contribution in [2.75, 3.05) is 13.7 Å². The molecule has 6 heteroatoms. The van der Waals surface area contributed by atoms with Crippen molar-refractivity contribution in [1.29, 1.82) is 0 Å². The molecule has 1 aromatic carbocycles. The highest BCUT2D eigenvalue weighted by Gasteiger charge is 2.21. The van der Waals surface area contributed by atoms with Crippen molar-refractivity contribution in [2.24, 2.45) is 5.73 Å². The molecule has 0 aliphatic rings. The van der Waals surface area contributed by atoms with E-state index < -0.39 is 15.3 Å². The van der Waals surface area contributed by atoms with E-state index >= 15 is 0 Å². The van der Waals surface area contributed by atoms with Crippen LogP contribution in [0.2, 0.25) is 0 Å². The normalized spacial score (nSPS) is 13.3. The molecule has 0 aliphatic heterocycles. The Morgan fingerprint density at radius 2 is 2.06 bits per heavy atom. The zero-order valence-electron chi connectivity index (χ0n) is 10.7. The maximum absolute atomic E-state index is 11.9. The molecule has 0 spiro atoms. The first-order chi connectivity index (χ1) is 8.55. The van der Waals surface area contributed by atoms with Crippen LogP contribution < -0.4 is 15.2 Å². The number of sulfonamides is 1. The second kappa shape index (κ2) is 6.72. The lowest BCUT2D eigenvalue weighted by atomic mass is 10.2. The molecule has 0 fully saturated rings. The zero-order chi connectivity index (χ0) is 13.6. The quantitative estimate of drug-likeness (QED) is 0.771. The molecule has 3 N–H and O–H groups in total. The van der Waals surface area contributed by atoms with Crippen LogP contribution in [0.3, 0.4) is 0 Å². The van der Waals surface area contributed by atoms with Crippen LogP contribution in [-0.2, 0) is 16.6 Å². The number of methoxy groups -OCH3 is 1. The highest BCUT2D eigenvalue weighted by atomic mass is 32.2. The summed E-state index contributed by atoms with van der Waals surface area (Å²) in [7, 11) is -1.82. The molecule has 0 aromatic heterocycles. The van der Waals surface area contributed by atoms with Gasteiger partial charge in [-0.1, -0.05) is 25.1 Å². The molecule has 1 aromatic rings. The molecule has 0 bridgehead atoms. The van der Waals surface area contributed by atoms with Crippen molar-refractivity contribution in [3.05, 3.63) is 29.8 Å². The minimum Gasteiger partial charge on any atom is -0.496 e. The number of nitrogens with two attached hydrogens (primary N) is 1. The van der Waals surface area contributed by atoms with Gasteiger partial charge in [-0.25, -0.2) is 13.1 Å². The summed E-state index contributed by atoms with van der Waals surface area (Å²) in [5, 5.41) is -0.549. The number of para-hydroxylation sites is 1. The third-order valence-corrected chi connectivity index (χ3v) is 4.76. The largest absolute Gasteiger partial charge is 0.496 e. The highest BCUT2D eigenvalue weighted by Crippen LogP contribution is 2.17. The average molecular weight is 272 g/mol. The molecular weight excluding hydrogens is 252 g/mol. The number of hydrogen-bond acceptors (Lipinski definition) is 4. The second-order valence-corrected chi connectivity index (χ2v) is 5.99. The maximum atomic E-state index is 11.9. The van der Waals surface area contributed by atoms with Crippen molar-refractivity contribution in [3.63, 3.8) is 0 Å². The first-order valence-corrected chi connectivity index (χ1v) is 7.40. The molecule has 1 unspecified atom stereocenters. The third kappa shape index (κ3) is 3.69. The van der Waals surface area contributed by atoms with Crippen LogP contribution in [0.1, 0.15) is 18.9 Å². The van der Waals surface area contributed by atoms with Gasteiger partial charge in [-0.3, -0.25) is 0 Å². The molecule has 1 atom stereocenters. The summed E-state index contributed by atoms with van der Waals surface area (Å²) in [6.07, 6.45) is 0.498. The van der Waals surface area contributed by atoms with Gasteiger partial charge in [0.2, 0.25) is 10.0 Å². The summed E-state index contributed by atoms with van der Waals surface area (Å²) < 4.78 is 31.6. The molecule has 0 amide bonds. The predicted octanol–water partition coefficient (Wildman–Crippen LogP) is 0.852. The van der Waals surface area contributed by atoms with Crippen molar-refractivity contribution in [3.8, 4) is 5.75 Å². The van der Waals surface area contributed by atoms with Gasteiger partial charge in [0.05, 0.1) is 12.4 Å². The molecule has 1 rings (SSSR count). The van der Waals surface area contributed by atoms with Crippen LogP contribution >= 0.6 is 0 Å². The lowest BCUT2D eigenvalue weighted by Crippen LogP contribution is -2.38. The van der Waals surface area contributed by atoms with E-state index in [0.29, 0.717) is 12.2 Å². The van der Waals surface area contributed by atoms with Crippen molar-refractivity contribution >= 4 is 10.0 Å². The molecule has 18 heavy (non-hydrogen) atoms. The van der Waals surface area contributed by atoms with Gasteiger partial charge >= 0.3 is 0 Å². The van der Waals surface area contributed by atoms with Crippen molar-refractivity contribution in [2.45, 2.75) is 25.1 Å². The highest BCUT2D eigenvalue weighted by molar-refractivity contribution is 7.90. The Labute approximate surface area is 108 Å². The molecule has 0 radical (unpaired) electrons. The van der Waals surface area contributed by atoms with Crippen LogP contribution in [0.15, 0.2) is 24.3 Å². The average Bonchev–Trinajstić information content (AvgIpc) is 2.38. The Balaban J connectivity index is 2.76. The van der Waals surface area contributed by atoms with Gasteiger partial charge in [0.1, 0.15) is 5.75 Å². The summed E-state index contributed by atoms with van der Waals surface area (Å²) in [5.41, 5.74) is 6.25. The molecular formula is C12H20N2O3S. The van der Waals surface area contributed by atoms with Crippen molar-refractivity contribution < 1.29 is 13.2 Å². The topological polar surface area (TPSA) is 81.4 Å². The monoisotopic (exact) mass is 272 g/mol. The van der Waals surface area contributed by atoms with Gasteiger partial charge in [0, 0.05) is 18.7 Å². The Morgan fingerprint density at radius 3 is 2.61 bits per heavy atom. The minimum absolute atomic E-state index is 0.123. The number of hydrogen-bond donors (Lipinski definition) is 2. The third-order valence-electron chi connectivity index (χ3n) is 2.81. The van der Waals surface area contributed by atoms with Crippen molar-refractivity contribution in [1.82, 2.24) is 4.72 Å². The fraction of sp³-hybridized carbons (Fsp3) is 0.500. The Bertz CT molecular complexity index is 470. The smallest absolute Gasteiger partial charge is 0.216 e. The molecule has 0 saturated carbocycles. The summed E-state index contributed by atoms with van der Waals surface area (Å²) in [4.78, 5) is 0. The van der Waals surface area contributed by atoms with E-state index in [1.807, 2.05) is 18.2 Å². The first kappa shape index (κ1) is 14.9. The molecule has 0 heterocycles. The van der Waals surface area contributed by atoms with Crippen LogP contribution in [-0.4, -0.2) is 27.3 Å². The van der Waals surface area contributed by atoms with Crippen LogP contribution in [0, 0.1) is 0 Å². The van der Waals surface area contributed by atoms with E-state index in [9.17, 15) is 8.42 Å². The van der Waals surface area contributed by atoms with Crippen LogP contribution in [0.5, 0.6) is 5.75 Å². The van der Waals surface area contributed by atoms with E-state index in [1.54, 1.807) is 20.1 Å². The number of nitrogens with one attached hydrogen (secondary N) is 1. The predicted molar refractivity (Wildman–Crippen MR) is 71.9 cm³/mol. The number of benzene rings is 1. The summed E-state index contributed by atoms with van der Waals surface area (Å²) in [5.74, 6) is 0.668. The van der Waals surface area contributed by atoms with Gasteiger partial charge in [-0.15, -0.1) is 0 Å². The van der Waals surface area contributed by atoms with Gasteiger partial charge in [0.25, 0.3) is 0 Å². The number of ether oxygens (including phenoxy) is 1. The fourth-order valence-electron chi connectivity index (χ4n) is 1.66. The summed E-state index contributed by atoms with van der Waals surface area (Å²) in [6.45, 7) is 2.14. The fourth-order valence-corrected chi connectivity index (χ4v) is 2.94. The standard InChI is InChI=1S/C12H20N2O3S/c1-3-11(8-13)18(15,16)14-9-10-6-4-5-7-12(10)17-2/h4-7,11,14H,3,8-9,13H2,1-2H3. The summed E-state index contributed by atoms with van der Waals surface area (Å²) >= 11 is 0. The summed E-state index contributed by atoms with van der Waals surface area (Å²) in [6, 6.07) is 7.30. The Morgan fingerprint density at radius 1 is 1.39 bits per heavy atom. The Kier molecular flexibility index (Phi) is 5.58. The molecule has 5 nitrogen and oxygen atoms in total. The van der Waals surface area contributed by atoms with E-state index in [1.165, 1.54) is 0 Å². The second-order valence-electron chi connectivity index (χ2n) is 3.94. The lowest BCUT2D eigenvalue weighted by Gasteiger charge is -2.15. The van der Waals surface area contributed by atoms with Gasteiger partial charge in [0.15, 0.2) is 0 Å². The van der Waals surface area contributed by atoms with Crippen LogP contribution in [0.4, 0.5) is 0 Å². The molecule has 102 valence electrons. The van der Waals surface area contributed by atoms with E-state index in [0.717, 1.165) is 5.56 Å². The number of rotatable bonds is 7. The molecule has 0 aliphatic carbocycles. The first-order valence-electron chi connectivity index (χ1n) is 5.85. The van der Waals surface area contributed by atoms with E-state index in [2.05, 4.69) is 4.72 Å². The van der Waals surface area contributed by atoms with Crippen LogP contribution in [0.25, 0.3) is 0 Å². The Hall–Kier alpha value is -1.11.